The third-order valence-corrected chi connectivity index (χ3v) is 5.10. The zero-order chi connectivity index (χ0) is 22.4. The van der Waals surface area contributed by atoms with E-state index in [-0.39, 0.29) is 36.7 Å². The molecule has 1 fully saturated rings. The normalized spacial score (nSPS) is 15.5. The second kappa shape index (κ2) is 9.93. The fraction of sp³-hybridized carbons (Fsp3) is 0.292. The SMILES string of the molecule is C=CCNC(=O)C1CC(=O)N(c2ccc(OCC(=O)Nc3cc(C)ccc3C)cc2)C1. The van der Waals surface area contributed by atoms with Gasteiger partial charge in [0.1, 0.15) is 5.75 Å². The smallest absolute Gasteiger partial charge is 0.262 e. The molecule has 31 heavy (non-hydrogen) atoms. The van der Waals surface area contributed by atoms with Crippen LogP contribution in [0.2, 0.25) is 0 Å². The Morgan fingerprint density at radius 1 is 1.19 bits per heavy atom. The van der Waals surface area contributed by atoms with Crippen molar-refractivity contribution < 1.29 is 19.1 Å². The van der Waals surface area contributed by atoms with E-state index in [1.165, 1.54) is 0 Å². The molecule has 1 unspecified atom stereocenters. The van der Waals surface area contributed by atoms with Crippen LogP contribution in [0.15, 0.2) is 55.1 Å². The largest absolute Gasteiger partial charge is 0.484 e. The van der Waals surface area contributed by atoms with Gasteiger partial charge in [0.05, 0.1) is 5.92 Å². The van der Waals surface area contributed by atoms with Gasteiger partial charge >= 0.3 is 0 Å². The molecule has 1 atom stereocenters. The van der Waals surface area contributed by atoms with Gasteiger partial charge in [-0.25, -0.2) is 0 Å². The van der Waals surface area contributed by atoms with Crippen LogP contribution >= 0.6 is 0 Å². The summed E-state index contributed by atoms with van der Waals surface area (Å²) >= 11 is 0. The Bertz CT molecular complexity index is 985. The molecule has 1 aliphatic heterocycles. The van der Waals surface area contributed by atoms with Crippen LogP contribution in [0.1, 0.15) is 17.5 Å². The van der Waals surface area contributed by atoms with E-state index in [0.29, 0.717) is 24.5 Å². The molecule has 2 aromatic rings. The maximum absolute atomic E-state index is 12.3. The predicted molar refractivity (Wildman–Crippen MR) is 120 cm³/mol. The summed E-state index contributed by atoms with van der Waals surface area (Å²) < 4.78 is 5.57. The summed E-state index contributed by atoms with van der Waals surface area (Å²) in [6, 6.07) is 12.8. The molecule has 0 aliphatic carbocycles. The van der Waals surface area contributed by atoms with Crippen molar-refractivity contribution in [3.63, 3.8) is 0 Å². The van der Waals surface area contributed by atoms with E-state index < -0.39 is 0 Å². The van der Waals surface area contributed by atoms with Crippen LogP contribution in [-0.4, -0.2) is 37.4 Å². The fourth-order valence-electron chi connectivity index (χ4n) is 3.38. The molecule has 3 amide bonds. The maximum Gasteiger partial charge on any atom is 0.262 e. The van der Waals surface area contributed by atoms with Crippen molar-refractivity contribution in [1.29, 1.82) is 0 Å². The minimum atomic E-state index is -0.378. The first kappa shape index (κ1) is 22.1. The summed E-state index contributed by atoms with van der Waals surface area (Å²) in [5.74, 6) is -0.351. The molecule has 1 heterocycles. The number of rotatable bonds is 8. The number of hydrogen-bond acceptors (Lipinski definition) is 4. The van der Waals surface area contributed by atoms with Gasteiger partial charge in [-0.1, -0.05) is 18.2 Å². The molecule has 0 saturated carbocycles. The lowest BCUT2D eigenvalue weighted by atomic mass is 10.1. The number of carbonyl (C=O) groups excluding carboxylic acids is 3. The van der Waals surface area contributed by atoms with Crippen molar-refractivity contribution in [2.75, 3.05) is 29.9 Å². The Morgan fingerprint density at radius 2 is 1.94 bits per heavy atom. The maximum atomic E-state index is 12.3. The second-order valence-corrected chi connectivity index (χ2v) is 7.59. The molecule has 0 radical (unpaired) electrons. The Kier molecular flexibility index (Phi) is 7.07. The van der Waals surface area contributed by atoms with Gasteiger partial charge < -0.3 is 20.3 Å². The molecule has 2 N–H and O–H groups in total. The summed E-state index contributed by atoms with van der Waals surface area (Å²) in [6.45, 7) is 8.06. The zero-order valence-corrected chi connectivity index (χ0v) is 17.8. The van der Waals surface area contributed by atoms with E-state index >= 15 is 0 Å². The molecule has 7 nitrogen and oxygen atoms in total. The quantitative estimate of drug-likeness (QED) is 0.642. The monoisotopic (exact) mass is 421 g/mol. The first-order valence-electron chi connectivity index (χ1n) is 10.2. The average Bonchev–Trinajstić information content (AvgIpc) is 3.15. The highest BCUT2D eigenvalue weighted by Gasteiger charge is 2.34. The van der Waals surface area contributed by atoms with Gasteiger partial charge in [0, 0.05) is 30.9 Å². The molecular weight excluding hydrogens is 394 g/mol. The third kappa shape index (κ3) is 5.72. The molecule has 2 aromatic carbocycles. The topological polar surface area (TPSA) is 87.7 Å². The number of aryl methyl sites for hydroxylation is 2. The van der Waals surface area contributed by atoms with Crippen LogP contribution in [0.3, 0.4) is 0 Å². The van der Waals surface area contributed by atoms with Crippen molar-refractivity contribution in [3.05, 3.63) is 66.2 Å². The lowest BCUT2D eigenvalue weighted by Crippen LogP contribution is -2.32. The summed E-state index contributed by atoms with van der Waals surface area (Å²) in [4.78, 5) is 38.2. The highest BCUT2D eigenvalue weighted by Crippen LogP contribution is 2.27. The summed E-state index contributed by atoms with van der Waals surface area (Å²) in [7, 11) is 0. The van der Waals surface area contributed by atoms with Gasteiger partial charge in [0.25, 0.3) is 5.91 Å². The van der Waals surface area contributed by atoms with E-state index in [4.69, 9.17) is 4.74 Å². The molecule has 162 valence electrons. The van der Waals surface area contributed by atoms with Crippen LogP contribution < -0.4 is 20.3 Å². The number of nitrogens with zero attached hydrogens (tertiary/aromatic N) is 1. The van der Waals surface area contributed by atoms with E-state index in [2.05, 4.69) is 17.2 Å². The van der Waals surface area contributed by atoms with Crippen LogP contribution in [0.4, 0.5) is 11.4 Å². The van der Waals surface area contributed by atoms with Crippen LogP contribution in [0, 0.1) is 19.8 Å². The van der Waals surface area contributed by atoms with Crippen molar-refractivity contribution in [1.82, 2.24) is 5.32 Å². The van der Waals surface area contributed by atoms with Crippen LogP contribution in [0.25, 0.3) is 0 Å². The number of carbonyl (C=O) groups is 3. The Balaban J connectivity index is 1.53. The van der Waals surface area contributed by atoms with E-state index in [0.717, 1.165) is 16.8 Å². The van der Waals surface area contributed by atoms with Gasteiger partial charge in [0.15, 0.2) is 6.61 Å². The molecule has 0 spiro atoms. The number of benzene rings is 2. The predicted octanol–water partition coefficient (Wildman–Crippen LogP) is 2.98. The Hall–Kier alpha value is -3.61. The standard InChI is InChI=1S/C24H27N3O4/c1-4-11-25-24(30)18-13-23(29)27(14-18)19-7-9-20(10-8-19)31-15-22(28)26-21-12-16(2)5-6-17(21)3/h4-10,12,18H,1,11,13-15H2,2-3H3,(H,25,30)(H,26,28). The van der Waals surface area contributed by atoms with Crippen molar-refractivity contribution >= 4 is 29.1 Å². The van der Waals surface area contributed by atoms with Crippen molar-refractivity contribution in [2.45, 2.75) is 20.3 Å². The highest BCUT2D eigenvalue weighted by molar-refractivity contribution is 6.00. The number of hydrogen-bond donors (Lipinski definition) is 2. The third-order valence-electron chi connectivity index (χ3n) is 5.10. The number of nitrogens with one attached hydrogen (secondary N) is 2. The average molecular weight is 421 g/mol. The summed E-state index contributed by atoms with van der Waals surface area (Å²) in [5.41, 5.74) is 3.50. The molecule has 1 saturated heterocycles. The lowest BCUT2D eigenvalue weighted by Gasteiger charge is -2.17. The first-order valence-corrected chi connectivity index (χ1v) is 10.2. The minimum absolute atomic E-state index is 0.0969. The number of ether oxygens (including phenoxy) is 1. The highest BCUT2D eigenvalue weighted by atomic mass is 16.5. The van der Waals surface area contributed by atoms with Gasteiger partial charge in [0.2, 0.25) is 11.8 Å². The Morgan fingerprint density at radius 3 is 2.65 bits per heavy atom. The number of anilines is 2. The van der Waals surface area contributed by atoms with Crippen molar-refractivity contribution in [3.8, 4) is 5.75 Å². The molecule has 0 aromatic heterocycles. The van der Waals surface area contributed by atoms with Gasteiger partial charge in [-0.3, -0.25) is 14.4 Å². The van der Waals surface area contributed by atoms with Gasteiger partial charge in [-0.2, -0.15) is 0 Å². The summed E-state index contributed by atoms with van der Waals surface area (Å²) in [6.07, 6.45) is 1.78. The van der Waals surface area contributed by atoms with Crippen LogP contribution in [0.5, 0.6) is 5.75 Å². The molecule has 3 rings (SSSR count). The zero-order valence-electron chi connectivity index (χ0n) is 17.8. The minimum Gasteiger partial charge on any atom is -0.484 e. The fourth-order valence-corrected chi connectivity index (χ4v) is 3.38. The first-order chi connectivity index (χ1) is 14.9. The van der Waals surface area contributed by atoms with Gasteiger partial charge in [-0.15, -0.1) is 6.58 Å². The number of amides is 3. The Labute approximate surface area is 182 Å². The van der Waals surface area contributed by atoms with E-state index in [1.54, 1.807) is 35.2 Å². The van der Waals surface area contributed by atoms with Crippen molar-refractivity contribution in [2.24, 2.45) is 5.92 Å². The molecule has 0 bridgehead atoms. The molecular formula is C24H27N3O4. The van der Waals surface area contributed by atoms with Gasteiger partial charge in [-0.05, 0) is 55.3 Å². The molecule has 1 aliphatic rings. The van der Waals surface area contributed by atoms with Crippen LogP contribution in [-0.2, 0) is 14.4 Å². The summed E-state index contributed by atoms with van der Waals surface area (Å²) in [5, 5.41) is 5.59. The van der Waals surface area contributed by atoms with E-state index in [1.807, 2.05) is 32.0 Å². The van der Waals surface area contributed by atoms with E-state index in [9.17, 15) is 14.4 Å². The second-order valence-electron chi connectivity index (χ2n) is 7.59. The molecule has 7 heteroatoms. The lowest BCUT2D eigenvalue weighted by molar-refractivity contribution is -0.126.